The van der Waals surface area contributed by atoms with Crippen LogP contribution < -0.4 is 10.6 Å². The van der Waals surface area contributed by atoms with Crippen LogP contribution in [0.3, 0.4) is 0 Å². The predicted octanol–water partition coefficient (Wildman–Crippen LogP) is 2.87. The van der Waals surface area contributed by atoms with E-state index in [0.29, 0.717) is 37.6 Å². The Morgan fingerprint density at radius 1 is 1.08 bits per heavy atom. The number of piperidine rings is 1. The van der Waals surface area contributed by atoms with Gasteiger partial charge in [0.05, 0.1) is 10.5 Å². The molecule has 142 valence electrons. The quantitative estimate of drug-likeness (QED) is 0.630. The summed E-state index contributed by atoms with van der Waals surface area (Å²) < 4.78 is 38.6. The van der Waals surface area contributed by atoms with Gasteiger partial charge in [-0.25, -0.2) is 0 Å². The van der Waals surface area contributed by atoms with Crippen molar-refractivity contribution in [3.05, 3.63) is 57.0 Å². The van der Waals surface area contributed by atoms with Gasteiger partial charge < -0.3 is 10.6 Å². The fraction of sp³-hybridized carbons (Fsp3) is 0.529. The van der Waals surface area contributed by atoms with E-state index in [-0.39, 0.29) is 5.70 Å². The molecular weight excluding hydrogens is 349 g/mol. The molecule has 2 heterocycles. The minimum absolute atomic E-state index is 0.0378. The van der Waals surface area contributed by atoms with E-state index in [1.165, 1.54) is 12.1 Å². The van der Waals surface area contributed by atoms with Crippen molar-refractivity contribution >= 4 is 0 Å². The van der Waals surface area contributed by atoms with Gasteiger partial charge in [0.2, 0.25) is 0 Å². The number of hydrogen-bond acceptors (Lipinski definition) is 5. The van der Waals surface area contributed by atoms with Gasteiger partial charge in [0.25, 0.3) is 0 Å². The number of nitrogens with one attached hydrogen (secondary N) is 2. The lowest BCUT2D eigenvalue weighted by Crippen LogP contribution is -2.38. The number of nitrogens with zero attached hydrogens (tertiary/aromatic N) is 2. The molecule has 0 aliphatic carbocycles. The molecule has 0 bridgehead atoms. The Morgan fingerprint density at radius 3 is 2.15 bits per heavy atom. The van der Waals surface area contributed by atoms with Crippen LogP contribution in [0.1, 0.15) is 36.4 Å². The Labute approximate surface area is 149 Å². The van der Waals surface area contributed by atoms with Crippen LogP contribution in [-0.4, -0.2) is 36.0 Å². The molecule has 2 aliphatic heterocycles. The summed E-state index contributed by atoms with van der Waals surface area (Å²) in [5, 5.41) is 17.8. The molecule has 1 unspecified atom stereocenters. The van der Waals surface area contributed by atoms with Crippen molar-refractivity contribution in [1.82, 2.24) is 15.5 Å². The number of benzene rings is 1. The molecule has 0 spiro atoms. The highest BCUT2D eigenvalue weighted by molar-refractivity contribution is 5.32. The topological polar surface area (TPSA) is 70.4 Å². The standard InChI is InChI=1S/C17H21F3N4O2/c18-17(19,20)13-6-4-12(5-7-13)14(23-10-2-1-3-11-23)15(24(25)26)16-21-8-9-22-16/h4-7,14,21-22H,1-3,8-11H2. The molecular formula is C17H21F3N4O2. The summed E-state index contributed by atoms with van der Waals surface area (Å²) in [7, 11) is 0. The maximum atomic E-state index is 12.9. The van der Waals surface area contributed by atoms with Gasteiger partial charge in [-0.2, -0.15) is 13.2 Å². The third-order valence-electron chi connectivity index (χ3n) is 4.75. The van der Waals surface area contributed by atoms with Gasteiger partial charge in [0.15, 0.2) is 5.82 Å². The van der Waals surface area contributed by atoms with Crippen LogP contribution in [0.2, 0.25) is 0 Å². The van der Waals surface area contributed by atoms with E-state index in [9.17, 15) is 23.3 Å². The van der Waals surface area contributed by atoms with Gasteiger partial charge in [-0.15, -0.1) is 0 Å². The SMILES string of the molecule is O=[N+]([O-])C(=C1NCCN1)C(c1ccc(C(F)(F)F)cc1)N1CCCCC1. The van der Waals surface area contributed by atoms with E-state index in [1.807, 2.05) is 4.90 Å². The first kappa shape index (κ1) is 18.5. The van der Waals surface area contributed by atoms with Crippen molar-refractivity contribution in [3.63, 3.8) is 0 Å². The highest BCUT2D eigenvalue weighted by atomic mass is 19.4. The maximum Gasteiger partial charge on any atom is 0.416 e. The van der Waals surface area contributed by atoms with Crippen molar-refractivity contribution in [2.75, 3.05) is 26.2 Å². The van der Waals surface area contributed by atoms with Crippen molar-refractivity contribution in [1.29, 1.82) is 0 Å². The van der Waals surface area contributed by atoms with E-state index in [2.05, 4.69) is 10.6 Å². The number of alkyl halides is 3. The fourth-order valence-electron chi connectivity index (χ4n) is 3.52. The number of halogens is 3. The first-order valence-electron chi connectivity index (χ1n) is 8.65. The molecule has 6 nitrogen and oxygen atoms in total. The van der Waals surface area contributed by atoms with E-state index >= 15 is 0 Å². The number of nitro groups is 1. The molecule has 0 aromatic heterocycles. The summed E-state index contributed by atoms with van der Waals surface area (Å²) in [6, 6.07) is 3.98. The van der Waals surface area contributed by atoms with Crippen LogP contribution in [0.5, 0.6) is 0 Å². The molecule has 26 heavy (non-hydrogen) atoms. The molecule has 1 aromatic rings. The molecule has 9 heteroatoms. The van der Waals surface area contributed by atoms with Gasteiger partial charge in [-0.05, 0) is 43.6 Å². The number of rotatable bonds is 4. The van der Waals surface area contributed by atoms with E-state index < -0.39 is 22.7 Å². The molecule has 0 saturated carbocycles. The van der Waals surface area contributed by atoms with Crippen molar-refractivity contribution < 1.29 is 18.1 Å². The zero-order valence-corrected chi connectivity index (χ0v) is 14.2. The second-order valence-electron chi connectivity index (χ2n) is 6.49. The van der Waals surface area contributed by atoms with E-state index in [1.54, 1.807) is 0 Å². The Balaban J connectivity index is 2.03. The van der Waals surface area contributed by atoms with Gasteiger partial charge in [-0.1, -0.05) is 18.6 Å². The summed E-state index contributed by atoms with van der Waals surface area (Å²) in [6.07, 6.45) is -1.55. The third kappa shape index (κ3) is 3.92. The first-order valence-corrected chi connectivity index (χ1v) is 8.65. The second-order valence-corrected chi connectivity index (χ2v) is 6.49. The van der Waals surface area contributed by atoms with Crippen molar-refractivity contribution in [2.45, 2.75) is 31.5 Å². The Morgan fingerprint density at radius 2 is 1.65 bits per heavy atom. The summed E-state index contributed by atoms with van der Waals surface area (Å²) >= 11 is 0. The van der Waals surface area contributed by atoms with Crippen molar-refractivity contribution in [3.8, 4) is 0 Å². The third-order valence-corrected chi connectivity index (χ3v) is 4.75. The molecule has 2 N–H and O–H groups in total. The normalized spacial score (nSPS) is 19.6. The Bertz CT molecular complexity index is 674. The number of hydrogen-bond donors (Lipinski definition) is 2. The van der Waals surface area contributed by atoms with Gasteiger partial charge in [0, 0.05) is 13.1 Å². The summed E-state index contributed by atoms with van der Waals surface area (Å²) in [5.74, 6) is 0.352. The van der Waals surface area contributed by atoms with Crippen LogP contribution in [0.25, 0.3) is 0 Å². The van der Waals surface area contributed by atoms with Crippen molar-refractivity contribution in [2.24, 2.45) is 0 Å². The highest BCUT2D eigenvalue weighted by Crippen LogP contribution is 2.35. The monoisotopic (exact) mass is 370 g/mol. The fourth-order valence-corrected chi connectivity index (χ4v) is 3.52. The molecule has 1 aromatic carbocycles. The molecule has 2 saturated heterocycles. The molecule has 0 radical (unpaired) electrons. The van der Waals surface area contributed by atoms with Gasteiger partial charge in [-0.3, -0.25) is 15.0 Å². The van der Waals surface area contributed by atoms with Crippen LogP contribution in [-0.2, 0) is 6.18 Å². The van der Waals surface area contributed by atoms with Crippen LogP contribution >= 0.6 is 0 Å². The summed E-state index contributed by atoms with van der Waals surface area (Å²) in [6.45, 7) is 2.51. The number of likely N-dealkylation sites (tertiary alicyclic amines) is 1. The van der Waals surface area contributed by atoms with E-state index in [0.717, 1.165) is 31.4 Å². The van der Waals surface area contributed by atoms with E-state index in [4.69, 9.17) is 0 Å². The minimum Gasteiger partial charge on any atom is -0.365 e. The molecule has 0 amide bonds. The molecule has 2 fully saturated rings. The zero-order valence-electron chi connectivity index (χ0n) is 14.2. The highest BCUT2D eigenvalue weighted by Gasteiger charge is 2.38. The molecule has 2 aliphatic rings. The molecule has 3 rings (SSSR count). The lowest BCUT2D eigenvalue weighted by molar-refractivity contribution is -0.436. The maximum absolute atomic E-state index is 12.9. The Kier molecular flexibility index (Phi) is 5.36. The first-order chi connectivity index (χ1) is 12.4. The average molecular weight is 370 g/mol. The van der Waals surface area contributed by atoms with Crippen LogP contribution in [0.4, 0.5) is 13.2 Å². The molecule has 1 atom stereocenters. The predicted molar refractivity (Wildman–Crippen MR) is 89.6 cm³/mol. The van der Waals surface area contributed by atoms with Gasteiger partial charge >= 0.3 is 11.9 Å². The smallest absolute Gasteiger partial charge is 0.365 e. The Hall–Kier alpha value is -2.29. The zero-order chi connectivity index (χ0) is 18.7. The second kappa shape index (κ2) is 7.53. The summed E-state index contributed by atoms with van der Waals surface area (Å²) in [5.41, 5.74) is -0.301. The largest absolute Gasteiger partial charge is 0.416 e. The lowest BCUT2D eigenvalue weighted by Gasteiger charge is -2.33. The van der Waals surface area contributed by atoms with Crippen LogP contribution in [0, 0.1) is 10.1 Å². The van der Waals surface area contributed by atoms with Gasteiger partial charge in [0.1, 0.15) is 6.04 Å². The summed E-state index contributed by atoms with van der Waals surface area (Å²) in [4.78, 5) is 13.4. The lowest BCUT2D eigenvalue weighted by atomic mass is 9.97. The van der Waals surface area contributed by atoms with Crippen LogP contribution in [0.15, 0.2) is 35.8 Å². The minimum atomic E-state index is -4.43. The average Bonchev–Trinajstić information content (AvgIpc) is 3.13.